The van der Waals surface area contributed by atoms with Gasteiger partial charge in [0.2, 0.25) is 11.8 Å². The lowest BCUT2D eigenvalue weighted by Crippen LogP contribution is -2.44. The molecule has 0 fully saturated rings. The Hall–Kier alpha value is -11.6. The normalized spacial score (nSPS) is 11.9. The Bertz CT molecular complexity index is 4070. The van der Waals surface area contributed by atoms with E-state index >= 15 is 0 Å². The molecule has 0 radical (unpaired) electrons. The second-order valence-electron chi connectivity index (χ2n) is 26.5. The maximum Gasteiger partial charge on any atom is 0.408 e. The molecule has 37 heteroatoms. The van der Waals surface area contributed by atoms with E-state index in [0.717, 1.165) is 41.7 Å². The van der Waals surface area contributed by atoms with Gasteiger partial charge in [-0.25, -0.2) is 42.7 Å². The molecule has 0 spiro atoms. The number of halogens is 4. The van der Waals surface area contributed by atoms with Crippen LogP contribution in [0.15, 0.2) is 140 Å². The van der Waals surface area contributed by atoms with Crippen molar-refractivity contribution in [2.75, 3.05) is 36.8 Å². The molecule has 0 bridgehead atoms. The van der Waals surface area contributed by atoms with Gasteiger partial charge < -0.3 is 101 Å². The first-order chi connectivity index (χ1) is 54.4. The minimum absolute atomic E-state index is 0.00491. The highest BCUT2D eigenvalue weighted by atomic mass is 35.5. The van der Waals surface area contributed by atoms with Crippen LogP contribution < -0.4 is 77.4 Å². The highest BCUT2D eigenvalue weighted by Crippen LogP contribution is 2.26. The van der Waals surface area contributed by atoms with Crippen molar-refractivity contribution < 1.29 is 70.8 Å². The lowest BCUT2D eigenvalue weighted by molar-refractivity contribution is -0.120. The highest BCUT2D eigenvalue weighted by Gasteiger charge is 2.22. The molecule has 115 heavy (non-hydrogen) atoms. The Morgan fingerprint density at radius 1 is 0.522 bits per heavy atom. The van der Waals surface area contributed by atoms with E-state index in [4.69, 9.17) is 92.3 Å². The number of nitriles is 1. The summed E-state index contributed by atoms with van der Waals surface area (Å²) in [4.78, 5) is 98.9. The van der Waals surface area contributed by atoms with Crippen molar-refractivity contribution in [3.05, 3.63) is 190 Å². The van der Waals surface area contributed by atoms with Gasteiger partial charge in [-0.1, -0.05) is 162 Å². The van der Waals surface area contributed by atoms with E-state index < -0.39 is 83.1 Å². The fourth-order valence-corrected chi connectivity index (χ4v) is 8.64. The third kappa shape index (κ3) is 45.7. The molecule has 3 aromatic heterocycles. The Kier molecular flexibility index (Phi) is 49.2. The van der Waals surface area contributed by atoms with Gasteiger partial charge in [-0.2, -0.15) is 20.3 Å². The zero-order valence-electron chi connectivity index (χ0n) is 67.0. The standard InChI is InChI=1S/C18H21FN8O.C17H26N2O4.C12H16N2O3.C12H18N2O2.C9H20N2O2.C6HCl2FN2.C4H10N2O/c1-2-11(10-20)24-18-15(19)9-14(16(21)28)17(26-18)25-12-4-3-5-13(8-12)27-22-6-7-23-27;1-5-14(11-18-15(20)23-17(2,3)4)19-16(21)22-12-13-9-7-6-8-10-13;1-2-10(11(13)15)14-12(16)17-8-9-6-4-3-5-7-9;1-2-11(8-13)14-12(15)16-9-10-6-4-3-5-7-10;1-5-7(10)6-11-8(12)13-9(2,3)4;7-5-3(2-10)1-4(9)6(8)11-5;1-2-3(5)4(6)7/h3-9,11H,2,10,20H2,1H3,(H2,21,28)(H2,24,25,26);6-10,14H,5,11-12H2,1-4H3,(H,18,20)(H,19,21);3-7,10H,2,8H2,1H3,(H2,13,15)(H,14,16);3-7,11H,2,8-9,13H2,1H3,(H,14,15);7H,5-6,10H2,1-4H3,(H,11,12);1H;3H,2,5H2,1H3,(H2,6,7)/t11-;14-;10-;11-;7-;;3-/m11111.1/s1. The van der Waals surface area contributed by atoms with Crippen LogP contribution in [0.3, 0.4) is 0 Å². The topological polar surface area (TPSA) is 529 Å². The molecule has 33 nitrogen and oxygen atoms in total. The quantitative estimate of drug-likeness (QED) is 0.0153. The van der Waals surface area contributed by atoms with Crippen LogP contribution in [0.25, 0.3) is 5.69 Å². The molecule has 3 heterocycles. The summed E-state index contributed by atoms with van der Waals surface area (Å²) < 4.78 is 52.3. The second-order valence-corrected chi connectivity index (χ2v) is 27.3. The number of aromatic nitrogens is 5. The summed E-state index contributed by atoms with van der Waals surface area (Å²) >= 11 is 10.7. The summed E-state index contributed by atoms with van der Waals surface area (Å²) in [5, 5.41) is 35.1. The average molecular weight is 1650 g/mol. The number of hydrogen-bond donors (Lipinski definition) is 14. The van der Waals surface area contributed by atoms with Crippen LogP contribution in [0, 0.1) is 23.0 Å². The number of amides is 8. The zero-order valence-corrected chi connectivity index (χ0v) is 68.5. The number of primary amides is 3. The van der Waals surface area contributed by atoms with E-state index in [-0.39, 0.29) is 83.6 Å². The summed E-state index contributed by atoms with van der Waals surface area (Å²) in [5.74, 6) is -3.08. The Balaban J connectivity index is 0.000000695. The summed E-state index contributed by atoms with van der Waals surface area (Å²) in [7, 11) is 0. The van der Waals surface area contributed by atoms with Gasteiger partial charge in [0, 0.05) is 56.0 Å². The van der Waals surface area contributed by atoms with E-state index in [0.29, 0.717) is 56.7 Å². The molecule has 630 valence electrons. The van der Waals surface area contributed by atoms with Crippen molar-refractivity contribution in [1.82, 2.24) is 51.5 Å². The largest absolute Gasteiger partial charge is 0.445 e. The first-order valence-corrected chi connectivity index (χ1v) is 37.4. The summed E-state index contributed by atoms with van der Waals surface area (Å²) in [5.41, 5.74) is 40.2. The average Bonchev–Trinajstić information content (AvgIpc) is 1.44. The molecular formula is C78H112Cl2F2N20O13. The third-order valence-corrected chi connectivity index (χ3v) is 15.4. The molecule has 21 N–H and O–H groups in total. The molecule has 7 rings (SSSR count). The number of rotatable bonds is 29. The Morgan fingerprint density at radius 2 is 0.983 bits per heavy atom. The monoisotopic (exact) mass is 1640 g/mol. The van der Waals surface area contributed by atoms with Gasteiger partial charge in [-0.05, 0) is 127 Å². The summed E-state index contributed by atoms with van der Waals surface area (Å²) in [6.45, 7) is 24.4. The molecule has 0 unspecified atom stereocenters. The lowest BCUT2D eigenvalue weighted by Gasteiger charge is -2.22. The fourth-order valence-electron chi connectivity index (χ4n) is 8.28. The van der Waals surface area contributed by atoms with Crippen LogP contribution in [0.5, 0.6) is 0 Å². The third-order valence-electron chi connectivity index (χ3n) is 14.9. The number of benzene rings is 4. The van der Waals surface area contributed by atoms with Crippen molar-refractivity contribution in [1.29, 1.82) is 5.26 Å². The molecule has 8 amide bonds. The van der Waals surface area contributed by atoms with Crippen molar-refractivity contribution in [3.8, 4) is 11.8 Å². The number of alkyl carbamates (subject to hydrolysis) is 5. The number of nitrogens with two attached hydrogens (primary N) is 7. The number of carbonyl (C=O) groups excluding carboxylic acids is 8. The number of pyridine rings is 2. The van der Waals surface area contributed by atoms with Crippen molar-refractivity contribution in [3.63, 3.8) is 0 Å². The van der Waals surface area contributed by atoms with Gasteiger partial charge in [0.1, 0.15) is 54.1 Å². The van der Waals surface area contributed by atoms with Crippen LogP contribution in [0.4, 0.5) is 50.1 Å². The van der Waals surface area contributed by atoms with Crippen molar-refractivity contribution in [2.45, 2.75) is 189 Å². The fraction of sp³-hybridized carbons (Fsp3) is 0.423. The maximum atomic E-state index is 14.4. The molecule has 0 aliphatic carbocycles. The lowest BCUT2D eigenvalue weighted by atomic mass is 10.2. The second kappa shape index (κ2) is 55.8. The maximum absolute atomic E-state index is 14.4. The number of carbonyl (C=O) groups is 8. The first-order valence-electron chi connectivity index (χ1n) is 36.7. The summed E-state index contributed by atoms with van der Waals surface area (Å²) in [6.07, 6.45) is 4.71. The summed E-state index contributed by atoms with van der Waals surface area (Å²) in [6, 6.07) is 37.6. The van der Waals surface area contributed by atoms with Crippen molar-refractivity contribution in [2.24, 2.45) is 40.1 Å². The van der Waals surface area contributed by atoms with E-state index in [1.807, 2.05) is 152 Å². The van der Waals surface area contributed by atoms with Crippen LogP contribution in [-0.2, 0) is 53.1 Å². The minimum atomic E-state index is -0.795. The van der Waals surface area contributed by atoms with E-state index in [1.165, 1.54) is 4.80 Å². The molecule has 6 atom stereocenters. The minimum Gasteiger partial charge on any atom is -0.445 e. The molecule has 4 aromatic carbocycles. The van der Waals surface area contributed by atoms with Gasteiger partial charge in [-0.3, -0.25) is 14.4 Å². The predicted molar refractivity (Wildman–Crippen MR) is 437 cm³/mol. The number of hydrogen-bond acceptors (Lipinski definition) is 24. The van der Waals surface area contributed by atoms with Crippen LogP contribution in [0.1, 0.15) is 154 Å². The van der Waals surface area contributed by atoms with Crippen LogP contribution >= 0.6 is 23.2 Å². The Morgan fingerprint density at radius 3 is 1.37 bits per heavy atom. The molecule has 0 saturated heterocycles. The van der Waals surface area contributed by atoms with Gasteiger partial charge in [0.25, 0.3) is 5.91 Å². The molecule has 0 aliphatic heterocycles. The number of nitrogens with zero attached hydrogens (tertiary/aromatic N) is 6. The molecule has 0 saturated carbocycles. The van der Waals surface area contributed by atoms with E-state index in [1.54, 1.807) is 64.4 Å². The van der Waals surface area contributed by atoms with E-state index in [2.05, 4.69) is 57.4 Å². The number of nitrogens with one attached hydrogen (secondary N) is 7. The van der Waals surface area contributed by atoms with Gasteiger partial charge >= 0.3 is 30.5 Å². The predicted octanol–water partition coefficient (Wildman–Crippen LogP) is 10.7. The van der Waals surface area contributed by atoms with E-state index in [9.17, 15) is 47.1 Å². The van der Waals surface area contributed by atoms with Crippen molar-refractivity contribution >= 4 is 88.7 Å². The molecular weight excluding hydrogens is 1530 g/mol. The molecule has 7 aromatic rings. The smallest absolute Gasteiger partial charge is 0.408 e. The van der Waals surface area contributed by atoms with Gasteiger partial charge in [-0.15, -0.1) is 0 Å². The Labute approximate surface area is 680 Å². The first kappa shape index (κ1) is 101. The number of ether oxygens (including phenoxy) is 5. The molecule has 0 aliphatic rings. The van der Waals surface area contributed by atoms with Crippen LogP contribution in [0.2, 0.25) is 10.3 Å². The highest BCUT2D eigenvalue weighted by molar-refractivity contribution is 6.33. The number of anilines is 3. The van der Waals surface area contributed by atoms with Crippen LogP contribution in [-0.4, -0.2) is 147 Å². The SMILES string of the molecule is CC[C@@H](N)C(N)=O.CC[C@@H](N)CNC(=O)OC(C)(C)C.CC[C@@H](NC(=O)OCc1ccccc1)C(N)=O.CC[C@H](CN)NC(=O)OCc1ccccc1.CC[C@H](CN)Nc1nc(Nc2cccc(-n3nccn3)c2)c(C(N)=O)cc1F.CC[C@H](CNC(=O)OC(C)(C)C)NC(=O)OCc1ccccc1.N#Cc1cc(F)c(Cl)nc1Cl. The van der Waals surface area contributed by atoms with Gasteiger partial charge in [0.15, 0.2) is 22.6 Å². The zero-order chi connectivity index (χ0) is 86.6. The van der Waals surface area contributed by atoms with Gasteiger partial charge in [0.05, 0.1) is 35.2 Å².